The van der Waals surface area contributed by atoms with Gasteiger partial charge in [-0.2, -0.15) is 0 Å². The molecule has 0 amide bonds. The number of para-hydroxylation sites is 1. The van der Waals surface area contributed by atoms with E-state index >= 15 is 0 Å². The third-order valence-corrected chi connectivity index (χ3v) is 2.92. The number of aromatic nitrogens is 1. The van der Waals surface area contributed by atoms with Crippen molar-refractivity contribution >= 4 is 16.9 Å². The number of rotatable bonds is 5. The molecule has 112 valence electrons. The second-order valence-corrected chi connectivity index (χ2v) is 4.39. The van der Waals surface area contributed by atoms with Crippen molar-refractivity contribution in [3.63, 3.8) is 0 Å². The largest absolute Gasteiger partial charge is 0.506 e. The molecule has 0 unspecified atom stereocenters. The second-order valence-electron chi connectivity index (χ2n) is 4.39. The van der Waals surface area contributed by atoms with Gasteiger partial charge in [0.25, 0.3) is 0 Å². The van der Waals surface area contributed by atoms with E-state index in [1.165, 1.54) is 0 Å². The first kappa shape index (κ1) is 14.9. The quantitative estimate of drug-likeness (QED) is 0.849. The number of carbonyl (C=O) groups excluding carboxylic acids is 1. The number of hydrogen-bond donors (Lipinski definition) is 1. The molecule has 2 rings (SSSR count). The molecule has 2 aromatic rings. The van der Waals surface area contributed by atoms with Crippen LogP contribution in [-0.4, -0.2) is 29.0 Å². The molecule has 1 aromatic carbocycles. The molecule has 0 saturated carbocycles. The molecule has 0 spiro atoms. The molecule has 0 radical (unpaired) electrons. The van der Waals surface area contributed by atoms with Gasteiger partial charge in [0.1, 0.15) is 12.4 Å². The molecular weight excluding hydrogens is 274 g/mol. The Bertz CT molecular complexity index is 720. The van der Waals surface area contributed by atoms with Crippen LogP contribution in [0.5, 0.6) is 5.75 Å². The fourth-order valence-corrected chi connectivity index (χ4v) is 2.00. The molecule has 0 aliphatic rings. The number of fused-ring (bicyclic) bond motifs is 1. The van der Waals surface area contributed by atoms with E-state index in [1.807, 2.05) is 6.92 Å². The summed E-state index contributed by atoms with van der Waals surface area (Å²) in [6, 6.07) is 6.67. The van der Waals surface area contributed by atoms with Crippen molar-refractivity contribution < 1.29 is 19.5 Å². The number of pyridine rings is 1. The highest BCUT2D eigenvalue weighted by Crippen LogP contribution is 2.26. The molecule has 1 heterocycles. The zero-order valence-electron chi connectivity index (χ0n) is 12.0. The summed E-state index contributed by atoms with van der Waals surface area (Å²) in [5.74, 6) is -1.25. The SMILES string of the molecule is CCCOn1c(=O)c(C(=O)OCC)c(O)c2ccccc21. The second kappa shape index (κ2) is 6.30. The molecule has 0 aliphatic heterocycles. The van der Waals surface area contributed by atoms with Gasteiger partial charge in [-0.25, -0.2) is 4.79 Å². The van der Waals surface area contributed by atoms with Crippen LogP contribution in [0.1, 0.15) is 30.6 Å². The lowest BCUT2D eigenvalue weighted by Crippen LogP contribution is -2.32. The van der Waals surface area contributed by atoms with Gasteiger partial charge in [0, 0.05) is 5.39 Å². The lowest BCUT2D eigenvalue weighted by Gasteiger charge is -2.14. The molecule has 1 aromatic heterocycles. The molecule has 1 N–H and O–H groups in total. The van der Waals surface area contributed by atoms with Gasteiger partial charge in [0.15, 0.2) is 5.56 Å². The van der Waals surface area contributed by atoms with Crippen molar-refractivity contribution in [2.75, 3.05) is 13.2 Å². The smallest absolute Gasteiger partial charge is 0.347 e. The Labute approximate surface area is 121 Å². The zero-order chi connectivity index (χ0) is 15.4. The summed E-state index contributed by atoms with van der Waals surface area (Å²) in [5.41, 5.74) is -0.730. The maximum atomic E-state index is 12.4. The first-order chi connectivity index (χ1) is 10.1. The third kappa shape index (κ3) is 2.69. The normalized spacial score (nSPS) is 10.6. The summed E-state index contributed by atoms with van der Waals surface area (Å²) in [5, 5.41) is 10.6. The highest BCUT2D eigenvalue weighted by Gasteiger charge is 2.23. The minimum Gasteiger partial charge on any atom is -0.506 e. The minimum atomic E-state index is -0.861. The van der Waals surface area contributed by atoms with E-state index in [0.717, 1.165) is 4.73 Å². The predicted molar refractivity (Wildman–Crippen MR) is 77.6 cm³/mol. The standard InChI is InChI=1S/C15H17NO5/c1-3-9-21-16-11-8-6-5-7-10(11)13(17)12(14(16)18)15(19)20-4-2/h5-8,17H,3-4,9H2,1-2H3. The van der Waals surface area contributed by atoms with Crippen molar-refractivity contribution in [2.45, 2.75) is 20.3 Å². The van der Waals surface area contributed by atoms with E-state index in [9.17, 15) is 14.7 Å². The molecule has 0 aliphatic carbocycles. The summed E-state index contributed by atoms with van der Waals surface area (Å²) in [4.78, 5) is 29.7. The lowest BCUT2D eigenvalue weighted by atomic mass is 10.1. The van der Waals surface area contributed by atoms with Crippen LogP contribution >= 0.6 is 0 Å². The summed E-state index contributed by atoms with van der Waals surface area (Å²) >= 11 is 0. The monoisotopic (exact) mass is 291 g/mol. The van der Waals surface area contributed by atoms with E-state index in [4.69, 9.17) is 9.57 Å². The molecule has 0 atom stereocenters. The number of nitrogens with zero attached hydrogens (tertiary/aromatic N) is 1. The van der Waals surface area contributed by atoms with Crippen molar-refractivity contribution in [1.29, 1.82) is 0 Å². The molecule has 6 nitrogen and oxygen atoms in total. The molecule has 0 saturated heterocycles. The Balaban J connectivity index is 2.74. The first-order valence-electron chi connectivity index (χ1n) is 6.78. The maximum Gasteiger partial charge on any atom is 0.347 e. The van der Waals surface area contributed by atoms with Crippen LogP contribution in [0.15, 0.2) is 29.1 Å². The van der Waals surface area contributed by atoms with Gasteiger partial charge in [0.2, 0.25) is 0 Å². The van der Waals surface area contributed by atoms with Crippen LogP contribution in [0.3, 0.4) is 0 Å². The number of carbonyl (C=O) groups is 1. The molecule has 21 heavy (non-hydrogen) atoms. The average Bonchev–Trinajstić information content (AvgIpc) is 2.47. The number of benzene rings is 1. The Morgan fingerprint density at radius 1 is 1.29 bits per heavy atom. The van der Waals surface area contributed by atoms with Crippen LogP contribution in [0.4, 0.5) is 0 Å². The van der Waals surface area contributed by atoms with Gasteiger partial charge < -0.3 is 14.7 Å². The number of ether oxygens (including phenoxy) is 1. The van der Waals surface area contributed by atoms with Crippen LogP contribution in [-0.2, 0) is 4.74 Å². The topological polar surface area (TPSA) is 77.8 Å². The van der Waals surface area contributed by atoms with Crippen molar-refractivity contribution in [3.05, 3.63) is 40.2 Å². The molecular formula is C15H17NO5. The Morgan fingerprint density at radius 2 is 2.00 bits per heavy atom. The number of hydrogen-bond acceptors (Lipinski definition) is 5. The van der Waals surface area contributed by atoms with E-state index in [0.29, 0.717) is 23.9 Å². The number of esters is 1. The Hall–Kier alpha value is -2.50. The zero-order valence-corrected chi connectivity index (χ0v) is 12.0. The van der Waals surface area contributed by atoms with E-state index < -0.39 is 17.1 Å². The average molecular weight is 291 g/mol. The van der Waals surface area contributed by atoms with Gasteiger partial charge in [-0.3, -0.25) is 4.79 Å². The fraction of sp³-hybridized carbons (Fsp3) is 0.333. The van der Waals surface area contributed by atoms with Gasteiger partial charge >= 0.3 is 11.5 Å². The van der Waals surface area contributed by atoms with E-state index in [1.54, 1.807) is 31.2 Å². The maximum absolute atomic E-state index is 12.4. The minimum absolute atomic E-state index is 0.111. The van der Waals surface area contributed by atoms with Crippen molar-refractivity contribution in [1.82, 2.24) is 4.73 Å². The van der Waals surface area contributed by atoms with E-state index in [-0.39, 0.29) is 12.4 Å². The Kier molecular flexibility index (Phi) is 4.47. The summed E-state index contributed by atoms with van der Waals surface area (Å²) in [6.45, 7) is 3.96. The summed E-state index contributed by atoms with van der Waals surface area (Å²) in [7, 11) is 0. The van der Waals surface area contributed by atoms with Crippen LogP contribution in [0, 0.1) is 0 Å². The van der Waals surface area contributed by atoms with Gasteiger partial charge in [0.05, 0.1) is 12.1 Å². The van der Waals surface area contributed by atoms with Crippen molar-refractivity contribution in [2.24, 2.45) is 0 Å². The van der Waals surface area contributed by atoms with Crippen LogP contribution in [0.2, 0.25) is 0 Å². The third-order valence-electron chi connectivity index (χ3n) is 2.92. The molecule has 0 bridgehead atoms. The van der Waals surface area contributed by atoms with Crippen LogP contribution < -0.4 is 10.4 Å². The first-order valence-corrected chi connectivity index (χ1v) is 6.78. The highest BCUT2D eigenvalue weighted by molar-refractivity contribution is 5.99. The molecule has 6 heteroatoms. The Morgan fingerprint density at radius 3 is 2.67 bits per heavy atom. The van der Waals surface area contributed by atoms with Crippen LogP contribution in [0.25, 0.3) is 10.9 Å². The fourth-order valence-electron chi connectivity index (χ4n) is 2.00. The van der Waals surface area contributed by atoms with Crippen molar-refractivity contribution in [3.8, 4) is 5.75 Å². The van der Waals surface area contributed by atoms with Gasteiger partial charge in [-0.1, -0.05) is 19.1 Å². The predicted octanol–water partition coefficient (Wildman–Crippen LogP) is 1.72. The summed E-state index contributed by atoms with van der Waals surface area (Å²) in [6.07, 6.45) is 0.705. The lowest BCUT2D eigenvalue weighted by molar-refractivity contribution is 0.0511. The highest BCUT2D eigenvalue weighted by atomic mass is 16.7. The van der Waals surface area contributed by atoms with Gasteiger partial charge in [-0.05, 0) is 25.5 Å². The summed E-state index contributed by atoms with van der Waals surface area (Å²) < 4.78 is 5.86. The molecule has 0 fully saturated rings. The van der Waals surface area contributed by atoms with Gasteiger partial charge in [-0.15, -0.1) is 4.73 Å². The van der Waals surface area contributed by atoms with E-state index in [2.05, 4.69) is 0 Å². The number of aromatic hydroxyl groups is 1.